The number of carboxylic acids is 1. The highest BCUT2D eigenvalue weighted by molar-refractivity contribution is 8.00. The number of nitrogens with two attached hydrogens (primary N) is 1. The van der Waals surface area contributed by atoms with Crippen molar-refractivity contribution in [2.24, 2.45) is 23.5 Å². The van der Waals surface area contributed by atoms with E-state index in [4.69, 9.17) is 10.5 Å². The van der Waals surface area contributed by atoms with Gasteiger partial charge in [0.05, 0.1) is 30.8 Å². The van der Waals surface area contributed by atoms with E-state index in [2.05, 4.69) is 57.5 Å². The van der Waals surface area contributed by atoms with Gasteiger partial charge in [0, 0.05) is 56.1 Å². The van der Waals surface area contributed by atoms with Crippen LogP contribution in [-0.2, 0) is 72.0 Å². The average molecular weight is 1330 g/mol. The monoisotopic (exact) mass is 1330 g/mol. The molecule has 0 aliphatic carbocycles. The van der Waals surface area contributed by atoms with Gasteiger partial charge in [-0.1, -0.05) is 115 Å². The molecule has 1 unspecified atom stereocenters. The molecule has 11 atom stereocenters. The van der Waals surface area contributed by atoms with Crippen LogP contribution in [0, 0.1) is 23.7 Å². The van der Waals surface area contributed by atoms with Gasteiger partial charge in [-0.15, -0.1) is 11.8 Å². The van der Waals surface area contributed by atoms with E-state index in [9.17, 15) is 62.2 Å². The number of imidazole rings is 1. The maximum Gasteiger partial charge on any atom is 0.327 e. The van der Waals surface area contributed by atoms with Gasteiger partial charge in [0.2, 0.25) is 59.1 Å². The van der Waals surface area contributed by atoms with Crippen LogP contribution >= 0.6 is 23.5 Å². The van der Waals surface area contributed by atoms with E-state index in [0.717, 1.165) is 22.2 Å². The van der Waals surface area contributed by atoms with Crippen LogP contribution in [0.25, 0.3) is 0 Å². The molecule has 0 saturated carbocycles. The second-order valence-corrected chi connectivity index (χ2v) is 25.5. The molecule has 4 aromatic rings. The number of rotatable bonds is 40. The number of pyridine rings is 1. The Morgan fingerprint density at radius 2 is 1.27 bits per heavy atom. The second kappa shape index (κ2) is 38.5. The largest absolute Gasteiger partial charge is 0.489 e. The van der Waals surface area contributed by atoms with E-state index in [1.807, 2.05) is 26.8 Å². The second-order valence-electron chi connectivity index (χ2n) is 23.2. The third kappa shape index (κ3) is 24.5. The molecule has 1 fully saturated rings. The van der Waals surface area contributed by atoms with Gasteiger partial charge >= 0.3 is 5.97 Å². The molecule has 26 nitrogen and oxygen atoms in total. The minimum Gasteiger partial charge on any atom is -0.489 e. The molecule has 93 heavy (non-hydrogen) atoms. The first-order valence-corrected chi connectivity index (χ1v) is 33.5. The van der Waals surface area contributed by atoms with Crippen LogP contribution in [-0.4, -0.2) is 181 Å². The summed E-state index contributed by atoms with van der Waals surface area (Å²) in [6.07, 6.45) is 7.03. The van der Waals surface area contributed by atoms with E-state index in [0.29, 0.717) is 29.9 Å². The summed E-state index contributed by atoms with van der Waals surface area (Å²) in [6, 6.07) is 10.4. The normalized spacial score (nSPS) is 16.2. The smallest absolute Gasteiger partial charge is 0.327 e. The molecule has 1 saturated heterocycles. The number of imide groups is 1. The summed E-state index contributed by atoms with van der Waals surface area (Å²) >= 11 is 2.22. The molecule has 0 bridgehead atoms. The van der Waals surface area contributed by atoms with E-state index in [-0.39, 0.29) is 75.5 Å². The number of carbonyl (C=O) groups excluding carboxylic acids is 10. The quantitative estimate of drug-likeness (QED) is 0.0173. The highest BCUT2D eigenvalue weighted by Gasteiger charge is 2.41. The highest BCUT2D eigenvalue weighted by atomic mass is 32.2. The van der Waals surface area contributed by atoms with Crippen LogP contribution < -0.4 is 53.0 Å². The van der Waals surface area contributed by atoms with Crippen LogP contribution in [0.2, 0.25) is 0 Å². The van der Waals surface area contributed by atoms with Crippen molar-refractivity contribution in [2.75, 3.05) is 37.5 Å². The Hall–Kier alpha value is -8.44. The number of carbonyl (C=O) groups is 11. The number of halogens is 1. The Morgan fingerprint density at radius 1 is 0.710 bits per heavy atom. The van der Waals surface area contributed by atoms with Gasteiger partial charge in [-0.05, 0) is 72.3 Å². The Labute approximate surface area is 549 Å². The average Bonchev–Trinajstić information content (AvgIpc) is 1.95. The molecule has 0 spiro atoms. The standard InChI is InChI=1S/C64H88FN13O13S2/c1-8-38(5)53(77-62(87)54(39(6)9-2)76-60(85)45(28-37(3)4)74-59(84)47(30-41-20-14-11-15-21-41)73-56(81)43(66)31-42-33-67-36-70-42)61(86)69-34-51(79)71-46(29-40-18-12-10-13-19-40)58(83)72-44(23-27-92-7)57(82)75-48(64(89)90)35-93-50-32-52(80)78(63(50)88)25-17-26-91-49-22-16-24-68-55(49)65/h10-16,18-22,24,33,36-39,43-48,50,53-54H,8-9,17,23,25-32,34-35,66H2,1-7H3,(H,67,70)(H,69,86)(H,71,79)(H,72,83)(H,73,81)(H,74,84)(H,75,82)(H,76,85)(H,77,87)(H,89,90)/t38-,39-,43-,44-,45-,46-,47-,48-,50?,53-,54-/m0/s1/i65-1. The molecule has 1 aliphatic heterocycles. The van der Waals surface area contributed by atoms with Gasteiger partial charge in [0.25, 0.3) is 5.95 Å². The van der Waals surface area contributed by atoms with Crippen LogP contribution in [0.5, 0.6) is 5.75 Å². The number of thioether (sulfide) groups is 2. The number of H-pyrrole nitrogens is 1. The summed E-state index contributed by atoms with van der Waals surface area (Å²) in [5.41, 5.74) is 8.20. The molecule has 10 amide bonds. The number of amides is 10. The summed E-state index contributed by atoms with van der Waals surface area (Å²) in [5.74, 6) is -10.5. The Balaban J connectivity index is 1.22. The number of aromatic amines is 1. The molecule has 29 heteroatoms. The van der Waals surface area contributed by atoms with Crippen molar-refractivity contribution in [3.05, 3.63) is 114 Å². The third-order valence-electron chi connectivity index (χ3n) is 15.6. The van der Waals surface area contributed by atoms with Gasteiger partial charge in [-0.2, -0.15) is 16.2 Å². The van der Waals surface area contributed by atoms with E-state index < -0.39 is 143 Å². The van der Waals surface area contributed by atoms with Crippen molar-refractivity contribution in [1.29, 1.82) is 0 Å². The molecule has 12 N–H and O–H groups in total. The molecule has 3 heterocycles. The summed E-state index contributed by atoms with van der Waals surface area (Å²) < 4.78 is 19.3. The Kier molecular flexibility index (Phi) is 31.2. The van der Waals surface area contributed by atoms with Crippen molar-refractivity contribution < 1.29 is 67.0 Å². The van der Waals surface area contributed by atoms with Crippen LogP contribution in [0.15, 0.2) is 91.5 Å². The molecule has 2 aromatic carbocycles. The van der Waals surface area contributed by atoms with Crippen molar-refractivity contribution in [1.82, 2.24) is 62.4 Å². The van der Waals surface area contributed by atoms with Crippen LogP contribution in [0.1, 0.15) is 96.9 Å². The SMILES string of the molecule is CC[C@H](C)[C@H](NC(=O)[C@H](CC(C)C)NC(=O)[C@H](Cc1ccccc1)NC(=O)[C@@H](N)Cc1cnc[nH]1)C(=O)N[C@H](C(=O)NCC(=O)N[C@@H](Cc1ccccc1)C(=O)N[C@@H](CCSC)C(=O)N[C@@H](CSC1CC(=O)N(CCCOc2cccnc2[18F])C1=O)C(=O)O)[C@@H](C)CC. The van der Waals surface area contributed by atoms with E-state index in [1.54, 1.807) is 81.6 Å². The zero-order valence-corrected chi connectivity index (χ0v) is 55.1. The summed E-state index contributed by atoms with van der Waals surface area (Å²) in [4.78, 5) is 163. The minimum absolute atomic E-state index is 0.0205. The fourth-order valence-corrected chi connectivity index (χ4v) is 11.5. The van der Waals surface area contributed by atoms with Gasteiger partial charge in [-0.25, -0.2) is 14.8 Å². The first kappa shape index (κ1) is 75.3. The van der Waals surface area contributed by atoms with Gasteiger partial charge < -0.3 is 63.1 Å². The third-order valence-corrected chi connectivity index (χ3v) is 17.5. The maximum absolute atomic E-state index is 14.4. The Bertz CT molecular complexity index is 3140. The number of benzene rings is 2. The fraction of sp³-hybridized carbons (Fsp3) is 0.516. The van der Waals surface area contributed by atoms with Gasteiger partial charge in [0.1, 0.15) is 42.3 Å². The first-order chi connectivity index (χ1) is 44.4. The molecule has 506 valence electrons. The number of aliphatic carboxylic acids is 1. The summed E-state index contributed by atoms with van der Waals surface area (Å²) in [5, 5.41) is 30.8. The van der Waals surface area contributed by atoms with E-state index >= 15 is 0 Å². The number of nitrogens with one attached hydrogen (secondary N) is 9. The predicted molar refractivity (Wildman–Crippen MR) is 348 cm³/mol. The zero-order chi connectivity index (χ0) is 68.1. The lowest BCUT2D eigenvalue weighted by Crippen LogP contribution is -2.61. The Morgan fingerprint density at radius 3 is 1.84 bits per heavy atom. The zero-order valence-electron chi connectivity index (χ0n) is 53.4. The van der Waals surface area contributed by atoms with Gasteiger partial charge in [-0.3, -0.25) is 52.8 Å². The van der Waals surface area contributed by atoms with Crippen molar-refractivity contribution in [3.63, 3.8) is 0 Å². The van der Waals surface area contributed by atoms with E-state index in [1.165, 1.54) is 42.6 Å². The van der Waals surface area contributed by atoms with Crippen molar-refractivity contribution in [2.45, 2.75) is 153 Å². The number of nitrogens with zero attached hydrogens (tertiary/aromatic N) is 3. The summed E-state index contributed by atoms with van der Waals surface area (Å²) in [7, 11) is 0. The number of likely N-dealkylation sites (tertiary alicyclic amines) is 1. The highest BCUT2D eigenvalue weighted by Crippen LogP contribution is 2.27. The maximum atomic E-state index is 14.4. The van der Waals surface area contributed by atoms with Gasteiger partial charge in [0.15, 0.2) is 5.75 Å². The molecular formula is C64H88FN13O13S2. The first-order valence-electron chi connectivity index (χ1n) is 31.0. The lowest BCUT2D eigenvalue weighted by molar-refractivity contribution is -0.142. The molecule has 2 aromatic heterocycles. The molecule has 0 radical (unpaired) electrons. The number of hydrogen-bond donors (Lipinski definition) is 11. The minimum atomic E-state index is -1.57. The topological polar surface area (TPSA) is 384 Å². The predicted octanol–water partition coefficient (Wildman–Crippen LogP) is 2.11. The molecular weight excluding hydrogens is 1240 g/mol. The molecule has 1 aliphatic rings. The lowest BCUT2D eigenvalue weighted by Gasteiger charge is -2.30. The van der Waals surface area contributed by atoms with Crippen molar-refractivity contribution in [3.8, 4) is 5.75 Å². The summed E-state index contributed by atoms with van der Waals surface area (Å²) in [6.45, 7) is 10.1. The van der Waals surface area contributed by atoms with Crippen molar-refractivity contribution >= 4 is 88.6 Å². The number of aromatic nitrogens is 3. The molecule has 5 rings (SSSR count). The van der Waals surface area contributed by atoms with Crippen LogP contribution in [0.4, 0.5) is 4.39 Å². The van der Waals surface area contributed by atoms with Crippen LogP contribution in [0.3, 0.4) is 0 Å². The number of carboxylic acid groups (broad SMARTS) is 1. The number of ether oxygens (including phenoxy) is 1. The fourth-order valence-electron chi connectivity index (χ4n) is 9.86. The number of hydrogen-bond acceptors (Lipinski definition) is 17. The lowest BCUT2D eigenvalue weighted by atomic mass is 9.94.